The van der Waals surface area contributed by atoms with Gasteiger partial charge in [-0.05, 0) is 54.3 Å². The summed E-state index contributed by atoms with van der Waals surface area (Å²) in [7, 11) is 0. The number of carbonyl (C=O) groups excluding carboxylic acids is 2. The zero-order valence-corrected chi connectivity index (χ0v) is 17.5. The molecular formula is C24H28N2O5. The molecule has 2 bridgehead atoms. The molecule has 2 N–H and O–H groups in total. The van der Waals surface area contributed by atoms with Gasteiger partial charge in [0.05, 0.1) is 19.3 Å². The highest BCUT2D eigenvalue weighted by Gasteiger charge is 2.24. The highest BCUT2D eigenvalue weighted by Crippen LogP contribution is 2.25. The number of piperidine rings is 1. The van der Waals surface area contributed by atoms with E-state index in [0.29, 0.717) is 62.8 Å². The van der Waals surface area contributed by atoms with Crippen molar-refractivity contribution in [3.63, 3.8) is 0 Å². The molecule has 2 aromatic rings. The Kier molecular flexibility index (Phi) is 6.84. The molecular weight excluding hydrogens is 396 g/mol. The number of hydrogen-bond acceptors (Lipinski definition) is 5. The predicted octanol–water partition coefficient (Wildman–Crippen LogP) is 2.01. The van der Waals surface area contributed by atoms with Gasteiger partial charge < -0.3 is 24.8 Å². The number of fused-ring (bicyclic) bond motifs is 3. The van der Waals surface area contributed by atoms with Crippen molar-refractivity contribution in [2.45, 2.75) is 25.4 Å². The smallest absolute Gasteiger partial charge is 0.253 e. The average Bonchev–Trinajstić information content (AvgIpc) is 2.78. The first kappa shape index (κ1) is 21.3. The van der Waals surface area contributed by atoms with Crippen molar-refractivity contribution < 1.29 is 24.2 Å². The van der Waals surface area contributed by atoms with Gasteiger partial charge in [-0.1, -0.05) is 12.1 Å². The number of rotatable bonds is 1. The van der Waals surface area contributed by atoms with Crippen molar-refractivity contribution in [3.05, 3.63) is 64.7 Å². The molecule has 164 valence electrons. The minimum atomic E-state index is -0.466. The standard InChI is InChI=1S/C24H28N2O5/c27-21-5-2-9-26(16-21)24(29)19-6-7-22-20(15-19)14-17-3-1-4-18(13-17)23(28)25-8-10-30-11-12-31-22/h1,3-4,6-7,13,15,21,27H,2,5,8-12,14,16H2,(H,25,28). The molecule has 2 amide bonds. The van der Waals surface area contributed by atoms with Crippen LogP contribution in [0.2, 0.25) is 0 Å². The Hall–Kier alpha value is -2.90. The maximum absolute atomic E-state index is 13.0. The molecule has 1 fully saturated rings. The molecule has 2 aliphatic rings. The van der Waals surface area contributed by atoms with Gasteiger partial charge in [0.25, 0.3) is 11.8 Å². The molecule has 1 unspecified atom stereocenters. The molecule has 1 atom stereocenters. The van der Waals surface area contributed by atoms with Crippen LogP contribution in [-0.2, 0) is 11.2 Å². The van der Waals surface area contributed by atoms with Crippen LogP contribution in [0.5, 0.6) is 5.75 Å². The minimum absolute atomic E-state index is 0.0857. The Bertz CT molecular complexity index is 945. The largest absolute Gasteiger partial charge is 0.491 e. The summed E-state index contributed by atoms with van der Waals surface area (Å²) in [4.78, 5) is 27.1. The lowest BCUT2D eigenvalue weighted by atomic mass is 9.99. The number of benzene rings is 2. The van der Waals surface area contributed by atoms with Crippen molar-refractivity contribution >= 4 is 11.8 Å². The van der Waals surface area contributed by atoms with E-state index < -0.39 is 6.10 Å². The number of carbonyl (C=O) groups is 2. The molecule has 2 aliphatic heterocycles. The summed E-state index contributed by atoms with van der Waals surface area (Å²) in [6.45, 7) is 2.66. The van der Waals surface area contributed by atoms with Gasteiger partial charge in [0.1, 0.15) is 12.4 Å². The average molecular weight is 424 g/mol. The van der Waals surface area contributed by atoms with E-state index in [2.05, 4.69) is 5.32 Å². The molecule has 4 rings (SSSR count). The Labute approximate surface area is 182 Å². The topological polar surface area (TPSA) is 88.1 Å². The summed E-state index contributed by atoms with van der Waals surface area (Å²) in [5, 5.41) is 12.8. The zero-order chi connectivity index (χ0) is 21.6. The summed E-state index contributed by atoms with van der Waals surface area (Å²) in [6.07, 6.45) is 1.59. The van der Waals surface area contributed by atoms with Crippen molar-refractivity contribution in [2.24, 2.45) is 0 Å². The number of aliphatic hydroxyl groups is 1. The van der Waals surface area contributed by atoms with Crippen LogP contribution in [0.4, 0.5) is 0 Å². The first-order valence-electron chi connectivity index (χ1n) is 10.8. The molecule has 0 aliphatic carbocycles. The molecule has 2 aromatic carbocycles. The van der Waals surface area contributed by atoms with Gasteiger partial charge in [-0.15, -0.1) is 0 Å². The highest BCUT2D eigenvalue weighted by atomic mass is 16.5. The first-order valence-corrected chi connectivity index (χ1v) is 10.8. The van der Waals surface area contributed by atoms with Crippen LogP contribution >= 0.6 is 0 Å². The molecule has 0 aromatic heterocycles. The number of nitrogens with one attached hydrogen (secondary N) is 1. The summed E-state index contributed by atoms with van der Waals surface area (Å²) in [5.74, 6) is 0.481. The van der Waals surface area contributed by atoms with Gasteiger partial charge in [0.15, 0.2) is 0 Å². The molecule has 0 spiro atoms. The van der Waals surface area contributed by atoms with Crippen LogP contribution in [0.25, 0.3) is 0 Å². The minimum Gasteiger partial charge on any atom is -0.491 e. The van der Waals surface area contributed by atoms with Gasteiger partial charge in [0.2, 0.25) is 0 Å². The lowest BCUT2D eigenvalue weighted by Crippen LogP contribution is -2.42. The van der Waals surface area contributed by atoms with E-state index in [1.807, 2.05) is 30.3 Å². The quantitative estimate of drug-likeness (QED) is 0.731. The second-order valence-electron chi connectivity index (χ2n) is 7.96. The third-order valence-corrected chi connectivity index (χ3v) is 5.59. The normalized spacial score (nSPS) is 20.1. The maximum Gasteiger partial charge on any atom is 0.253 e. The van der Waals surface area contributed by atoms with Gasteiger partial charge >= 0.3 is 0 Å². The third-order valence-electron chi connectivity index (χ3n) is 5.59. The Balaban J connectivity index is 1.63. The van der Waals surface area contributed by atoms with Gasteiger partial charge in [0, 0.05) is 37.2 Å². The van der Waals surface area contributed by atoms with E-state index >= 15 is 0 Å². The van der Waals surface area contributed by atoms with E-state index in [0.717, 1.165) is 24.0 Å². The number of ether oxygens (including phenoxy) is 2. The molecule has 7 nitrogen and oxygen atoms in total. The van der Waals surface area contributed by atoms with E-state index in [1.54, 1.807) is 17.0 Å². The van der Waals surface area contributed by atoms with E-state index in [9.17, 15) is 14.7 Å². The Morgan fingerprint density at radius 1 is 1.13 bits per heavy atom. The number of nitrogens with zero attached hydrogens (tertiary/aromatic N) is 1. The summed E-state index contributed by atoms with van der Waals surface area (Å²) in [5.41, 5.74) is 3.00. The Morgan fingerprint density at radius 2 is 2.03 bits per heavy atom. The molecule has 31 heavy (non-hydrogen) atoms. The molecule has 0 radical (unpaired) electrons. The van der Waals surface area contributed by atoms with E-state index in [-0.39, 0.29) is 11.8 Å². The maximum atomic E-state index is 13.0. The second kappa shape index (κ2) is 9.94. The zero-order valence-electron chi connectivity index (χ0n) is 17.5. The number of likely N-dealkylation sites (tertiary alicyclic amines) is 1. The number of hydrogen-bond donors (Lipinski definition) is 2. The van der Waals surface area contributed by atoms with Gasteiger partial charge in [-0.2, -0.15) is 0 Å². The fraction of sp³-hybridized carbons (Fsp3) is 0.417. The highest BCUT2D eigenvalue weighted by molar-refractivity contribution is 5.95. The number of aliphatic hydroxyl groups excluding tert-OH is 1. The fourth-order valence-electron chi connectivity index (χ4n) is 4.01. The predicted molar refractivity (Wildman–Crippen MR) is 115 cm³/mol. The van der Waals surface area contributed by atoms with E-state index in [4.69, 9.17) is 9.47 Å². The molecule has 0 saturated carbocycles. The third kappa shape index (κ3) is 5.42. The van der Waals surface area contributed by atoms with Crippen molar-refractivity contribution in [3.8, 4) is 5.75 Å². The van der Waals surface area contributed by atoms with Crippen LogP contribution in [0.3, 0.4) is 0 Å². The summed E-state index contributed by atoms with van der Waals surface area (Å²) in [6, 6.07) is 12.9. The first-order chi connectivity index (χ1) is 15.1. The molecule has 2 heterocycles. The Morgan fingerprint density at radius 3 is 2.90 bits per heavy atom. The van der Waals surface area contributed by atoms with Gasteiger partial charge in [-0.25, -0.2) is 0 Å². The van der Waals surface area contributed by atoms with E-state index in [1.165, 1.54) is 0 Å². The van der Waals surface area contributed by atoms with Crippen LogP contribution < -0.4 is 10.1 Å². The van der Waals surface area contributed by atoms with Crippen molar-refractivity contribution in [1.29, 1.82) is 0 Å². The van der Waals surface area contributed by atoms with Crippen LogP contribution in [0.1, 0.15) is 44.7 Å². The monoisotopic (exact) mass is 424 g/mol. The van der Waals surface area contributed by atoms with Crippen LogP contribution in [0.15, 0.2) is 42.5 Å². The second-order valence-corrected chi connectivity index (χ2v) is 7.96. The number of amides is 2. The number of β-amino-alcohol motifs (C(OH)–C–C–N with tert-alkyl or cyclic N) is 1. The molecule has 7 heteroatoms. The van der Waals surface area contributed by atoms with Crippen LogP contribution in [-0.4, -0.2) is 67.4 Å². The summed E-state index contributed by atoms with van der Waals surface area (Å²) >= 11 is 0. The fourth-order valence-corrected chi connectivity index (χ4v) is 4.01. The SMILES string of the molecule is O=C1NCCOCCOc2ccc(C(=O)N3CCCC(O)C3)cc2Cc2cccc1c2. The lowest BCUT2D eigenvalue weighted by molar-refractivity contribution is 0.0473. The summed E-state index contributed by atoms with van der Waals surface area (Å²) < 4.78 is 11.5. The van der Waals surface area contributed by atoms with Crippen molar-refractivity contribution in [2.75, 3.05) is 39.5 Å². The van der Waals surface area contributed by atoms with Crippen LogP contribution in [0, 0.1) is 0 Å². The molecule has 1 saturated heterocycles. The lowest BCUT2D eigenvalue weighted by Gasteiger charge is -2.30. The van der Waals surface area contributed by atoms with Crippen molar-refractivity contribution in [1.82, 2.24) is 10.2 Å². The van der Waals surface area contributed by atoms with Gasteiger partial charge in [-0.3, -0.25) is 9.59 Å².